The average molecular weight is 220 g/mol. The van der Waals surface area contributed by atoms with Crippen LogP contribution in [-0.2, 0) is 9.59 Å². The largest absolute Gasteiger partial charge is 0.426 e. The fraction of sp³-hybridized carbons (Fsp3) is 0.167. The minimum atomic E-state index is -0.442. The number of hydrogen-bond donors (Lipinski definition) is 0. The van der Waals surface area contributed by atoms with Gasteiger partial charge in [0.2, 0.25) is 0 Å². The fourth-order valence-electron chi connectivity index (χ4n) is 1.21. The van der Waals surface area contributed by atoms with E-state index in [9.17, 15) is 9.59 Å². The molecule has 1 aromatic rings. The number of carbonyl (C=O) groups is 2. The Labute approximate surface area is 93.5 Å². The van der Waals surface area contributed by atoms with Crippen molar-refractivity contribution >= 4 is 18.0 Å². The van der Waals surface area contributed by atoms with Crippen LogP contribution in [0.4, 0.5) is 0 Å². The van der Waals surface area contributed by atoms with Gasteiger partial charge in [-0.1, -0.05) is 18.7 Å². The first-order valence-corrected chi connectivity index (χ1v) is 4.67. The van der Waals surface area contributed by atoms with Crippen molar-refractivity contribution in [3.63, 3.8) is 0 Å². The van der Waals surface area contributed by atoms with Crippen molar-refractivity contribution in [1.82, 2.24) is 0 Å². The Morgan fingerprint density at radius 2 is 1.56 bits per heavy atom. The maximum atomic E-state index is 10.9. The van der Waals surface area contributed by atoms with E-state index in [4.69, 9.17) is 9.47 Å². The van der Waals surface area contributed by atoms with Gasteiger partial charge >= 0.3 is 11.9 Å². The second kappa shape index (κ2) is 5.11. The number of benzene rings is 1. The average Bonchev–Trinajstić information content (AvgIpc) is 2.16. The van der Waals surface area contributed by atoms with E-state index in [1.165, 1.54) is 19.9 Å². The molecule has 4 nitrogen and oxygen atoms in total. The number of esters is 2. The smallest absolute Gasteiger partial charge is 0.308 e. The van der Waals surface area contributed by atoms with Crippen LogP contribution in [0.1, 0.15) is 19.4 Å². The molecule has 0 bridgehead atoms. The van der Waals surface area contributed by atoms with Gasteiger partial charge < -0.3 is 9.47 Å². The van der Waals surface area contributed by atoms with Gasteiger partial charge in [0.25, 0.3) is 0 Å². The summed E-state index contributed by atoms with van der Waals surface area (Å²) in [5, 5.41) is 0. The second-order valence-electron chi connectivity index (χ2n) is 3.06. The Morgan fingerprint density at radius 1 is 1.12 bits per heavy atom. The van der Waals surface area contributed by atoms with Gasteiger partial charge in [-0.05, 0) is 12.1 Å². The number of rotatable bonds is 3. The van der Waals surface area contributed by atoms with Gasteiger partial charge in [-0.25, -0.2) is 0 Å². The molecule has 0 aromatic heterocycles. The quantitative estimate of drug-likeness (QED) is 0.578. The van der Waals surface area contributed by atoms with E-state index < -0.39 is 11.9 Å². The minimum absolute atomic E-state index is 0.321. The highest BCUT2D eigenvalue weighted by atomic mass is 16.5. The topological polar surface area (TPSA) is 52.6 Å². The molecule has 0 amide bonds. The normalized spacial score (nSPS) is 9.38. The summed E-state index contributed by atoms with van der Waals surface area (Å²) < 4.78 is 9.91. The van der Waals surface area contributed by atoms with Crippen LogP contribution in [0.3, 0.4) is 0 Å². The Hall–Kier alpha value is -2.10. The molecule has 0 N–H and O–H groups in total. The van der Waals surface area contributed by atoms with Crippen LogP contribution in [0.15, 0.2) is 24.8 Å². The zero-order valence-electron chi connectivity index (χ0n) is 9.15. The number of ether oxygens (including phenoxy) is 2. The second-order valence-corrected chi connectivity index (χ2v) is 3.06. The molecule has 0 saturated carbocycles. The van der Waals surface area contributed by atoms with Crippen LogP contribution < -0.4 is 9.47 Å². The van der Waals surface area contributed by atoms with Gasteiger partial charge in [0.05, 0.1) is 5.56 Å². The molecule has 0 spiro atoms. The number of carbonyl (C=O) groups excluding carboxylic acids is 2. The Balaban J connectivity index is 3.14. The summed E-state index contributed by atoms with van der Waals surface area (Å²) in [5.74, 6) is -0.242. The molecule has 0 unspecified atom stereocenters. The van der Waals surface area contributed by atoms with Gasteiger partial charge in [0.15, 0.2) is 0 Å². The van der Waals surface area contributed by atoms with E-state index in [0.717, 1.165) is 0 Å². The molecule has 0 radical (unpaired) electrons. The lowest BCUT2D eigenvalue weighted by Crippen LogP contribution is -2.06. The van der Waals surface area contributed by atoms with Gasteiger partial charge in [-0.15, -0.1) is 0 Å². The first-order chi connectivity index (χ1) is 7.54. The molecule has 0 saturated heterocycles. The first kappa shape index (κ1) is 12.0. The van der Waals surface area contributed by atoms with Crippen molar-refractivity contribution in [2.75, 3.05) is 0 Å². The van der Waals surface area contributed by atoms with Crippen molar-refractivity contribution in [2.45, 2.75) is 13.8 Å². The summed E-state index contributed by atoms with van der Waals surface area (Å²) in [6.45, 7) is 6.18. The third kappa shape index (κ3) is 2.95. The summed E-state index contributed by atoms with van der Waals surface area (Å²) >= 11 is 0. The van der Waals surface area contributed by atoms with Crippen LogP contribution in [-0.4, -0.2) is 11.9 Å². The van der Waals surface area contributed by atoms with Crippen molar-refractivity contribution in [3.8, 4) is 11.5 Å². The zero-order valence-corrected chi connectivity index (χ0v) is 9.15. The maximum Gasteiger partial charge on any atom is 0.308 e. The van der Waals surface area contributed by atoms with Gasteiger partial charge in [0.1, 0.15) is 11.5 Å². The lowest BCUT2D eigenvalue weighted by Gasteiger charge is -2.09. The van der Waals surface area contributed by atoms with Crippen LogP contribution in [0, 0.1) is 0 Å². The molecule has 4 heteroatoms. The van der Waals surface area contributed by atoms with Crippen molar-refractivity contribution in [3.05, 3.63) is 30.3 Å². The molecule has 0 aliphatic rings. The molecule has 84 valence electrons. The summed E-state index contributed by atoms with van der Waals surface area (Å²) in [5.41, 5.74) is 0.480. The molecular weight excluding hydrogens is 208 g/mol. The van der Waals surface area contributed by atoms with E-state index in [0.29, 0.717) is 17.1 Å². The third-order valence-electron chi connectivity index (χ3n) is 1.74. The van der Waals surface area contributed by atoms with Crippen molar-refractivity contribution in [2.24, 2.45) is 0 Å². The maximum absolute atomic E-state index is 10.9. The zero-order chi connectivity index (χ0) is 12.1. The first-order valence-electron chi connectivity index (χ1n) is 4.67. The van der Waals surface area contributed by atoms with Crippen LogP contribution in [0.2, 0.25) is 0 Å². The highest BCUT2D eigenvalue weighted by Gasteiger charge is 2.10. The summed E-state index contributed by atoms with van der Waals surface area (Å²) in [7, 11) is 0. The predicted octanol–water partition coefficient (Wildman–Crippen LogP) is 2.18. The SMILES string of the molecule is C=Cc1c(OC(C)=O)cccc1OC(C)=O. The van der Waals surface area contributed by atoms with Crippen molar-refractivity contribution < 1.29 is 19.1 Å². The highest BCUT2D eigenvalue weighted by molar-refractivity contribution is 5.76. The molecule has 0 aliphatic heterocycles. The molecule has 1 aromatic carbocycles. The third-order valence-corrected chi connectivity index (χ3v) is 1.74. The van der Waals surface area contributed by atoms with Crippen molar-refractivity contribution in [1.29, 1.82) is 0 Å². The lowest BCUT2D eigenvalue weighted by molar-refractivity contribution is -0.132. The highest BCUT2D eigenvalue weighted by Crippen LogP contribution is 2.29. The summed E-state index contributed by atoms with van der Waals surface area (Å²) in [6, 6.07) is 4.83. The molecule has 0 heterocycles. The van der Waals surface area contributed by atoms with Gasteiger partial charge in [-0.3, -0.25) is 9.59 Å². The molecule has 16 heavy (non-hydrogen) atoms. The Bertz CT molecular complexity index is 400. The lowest BCUT2D eigenvalue weighted by atomic mass is 10.2. The fourth-order valence-corrected chi connectivity index (χ4v) is 1.21. The standard InChI is InChI=1S/C12H12O4/c1-4-10-11(15-8(2)13)6-5-7-12(10)16-9(3)14/h4-7H,1H2,2-3H3. The molecule has 0 atom stereocenters. The molecule has 0 fully saturated rings. The minimum Gasteiger partial charge on any atom is -0.426 e. The van der Waals surface area contributed by atoms with Crippen LogP contribution in [0.5, 0.6) is 11.5 Å². The van der Waals surface area contributed by atoms with Gasteiger partial charge in [0, 0.05) is 13.8 Å². The van der Waals surface area contributed by atoms with E-state index >= 15 is 0 Å². The predicted molar refractivity (Wildman–Crippen MR) is 59.2 cm³/mol. The number of hydrogen-bond acceptors (Lipinski definition) is 4. The van der Waals surface area contributed by atoms with Crippen LogP contribution in [0.25, 0.3) is 6.08 Å². The van der Waals surface area contributed by atoms with E-state index in [1.54, 1.807) is 18.2 Å². The molecular formula is C12H12O4. The Morgan fingerprint density at radius 3 is 1.88 bits per heavy atom. The van der Waals surface area contributed by atoms with Gasteiger partial charge in [-0.2, -0.15) is 0 Å². The molecule has 1 rings (SSSR count). The van der Waals surface area contributed by atoms with E-state index in [1.807, 2.05) is 0 Å². The summed E-state index contributed by atoms with van der Waals surface area (Å²) in [6.07, 6.45) is 1.47. The molecule has 0 aliphatic carbocycles. The van der Waals surface area contributed by atoms with E-state index in [2.05, 4.69) is 6.58 Å². The Kier molecular flexibility index (Phi) is 3.83. The van der Waals surface area contributed by atoms with E-state index in [-0.39, 0.29) is 0 Å². The monoisotopic (exact) mass is 220 g/mol. The van der Waals surface area contributed by atoms with Crippen LogP contribution >= 0.6 is 0 Å². The summed E-state index contributed by atoms with van der Waals surface area (Å²) in [4.78, 5) is 21.7.